The fraction of sp³-hybridized carbons (Fsp3) is 0.520. The van der Waals surface area contributed by atoms with Gasteiger partial charge in [-0.25, -0.2) is 13.2 Å². The van der Waals surface area contributed by atoms with Gasteiger partial charge in [0.05, 0.1) is 10.6 Å². The van der Waals surface area contributed by atoms with E-state index in [-0.39, 0.29) is 6.09 Å². The Bertz CT molecular complexity index is 1060. The first kappa shape index (κ1) is 25.2. The molecule has 33 heavy (non-hydrogen) atoms. The number of aromatic nitrogens is 1. The van der Waals surface area contributed by atoms with E-state index in [9.17, 15) is 13.2 Å². The third-order valence-electron chi connectivity index (χ3n) is 5.91. The molecule has 180 valence electrons. The quantitative estimate of drug-likeness (QED) is 0.647. The molecule has 2 aromatic rings. The predicted molar refractivity (Wildman–Crippen MR) is 130 cm³/mol. The molecule has 1 amide bonds. The number of sulfone groups is 1. The van der Waals surface area contributed by atoms with Crippen LogP contribution in [0.25, 0.3) is 11.3 Å². The van der Waals surface area contributed by atoms with Crippen LogP contribution in [0.2, 0.25) is 0 Å². The van der Waals surface area contributed by atoms with Crippen LogP contribution < -0.4 is 0 Å². The summed E-state index contributed by atoms with van der Waals surface area (Å²) in [7, 11) is -1.10. The van der Waals surface area contributed by atoms with Gasteiger partial charge in [-0.3, -0.25) is 9.88 Å². The highest BCUT2D eigenvalue weighted by Gasteiger charge is 2.33. The summed E-state index contributed by atoms with van der Waals surface area (Å²) in [5.74, 6) is 0.330. The van der Waals surface area contributed by atoms with Gasteiger partial charge in [0.25, 0.3) is 0 Å². The van der Waals surface area contributed by atoms with Crippen LogP contribution in [-0.2, 0) is 21.1 Å². The number of amides is 1. The van der Waals surface area contributed by atoms with Crippen molar-refractivity contribution >= 4 is 15.9 Å². The smallest absolute Gasteiger partial charge is 0.410 e. The molecule has 0 N–H and O–H groups in total. The van der Waals surface area contributed by atoms with Crippen molar-refractivity contribution in [1.29, 1.82) is 0 Å². The van der Waals surface area contributed by atoms with Crippen molar-refractivity contribution < 1.29 is 17.9 Å². The zero-order valence-electron chi connectivity index (χ0n) is 20.4. The van der Waals surface area contributed by atoms with Crippen LogP contribution in [0.1, 0.15) is 39.7 Å². The van der Waals surface area contributed by atoms with Gasteiger partial charge < -0.3 is 9.64 Å². The summed E-state index contributed by atoms with van der Waals surface area (Å²) in [6.07, 6.45) is 3.74. The fourth-order valence-corrected chi connectivity index (χ4v) is 4.88. The minimum Gasteiger partial charge on any atom is -0.444 e. The van der Waals surface area contributed by atoms with E-state index >= 15 is 0 Å². The second kappa shape index (κ2) is 9.81. The van der Waals surface area contributed by atoms with Gasteiger partial charge in [0.2, 0.25) is 0 Å². The van der Waals surface area contributed by atoms with Crippen molar-refractivity contribution in [3.8, 4) is 11.3 Å². The van der Waals surface area contributed by atoms with Crippen molar-refractivity contribution in [2.75, 3.05) is 26.4 Å². The Balaban J connectivity index is 1.58. The zero-order valence-corrected chi connectivity index (χ0v) is 21.2. The first-order chi connectivity index (χ1) is 15.3. The highest BCUT2D eigenvalue weighted by Crippen LogP contribution is 2.25. The molecule has 2 unspecified atom stereocenters. The molecule has 1 fully saturated rings. The molecular weight excluding hydrogens is 438 g/mol. The summed E-state index contributed by atoms with van der Waals surface area (Å²) in [6.45, 7) is 9.98. The molecule has 0 saturated carbocycles. The minimum absolute atomic E-state index is 0.236. The Kier molecular flexibility index (Phi) is 7.49. The molecule has 0 spiro atoms. The number of nitrogens with zero attached hydrogens (tertiary/aromatic N) is 3. The molecule has 2 atom stereocenters. The number of ether oxygens (including phenoxy) is 1. The molecule has 1 aromatic carbocycles. The molecule has 1 aromatic heterocycles. The SMILES string of the molecule is CC1CN(C(=O)OC(C)(C)C)CCC1N(C)Cc1ccc(-c2ccc(S(C)(=O)=O)cc2)nc1. The van der Waals surface area contributed by atoms with E-state index in [1.54, 1.807) is 24.3 Å². The number of carbonyl (C=O) groups is 1. The number of benzene rings is 1. The van der Waals surface area contributed by atoms with E-state index in [0.717, 1.165) is 29.8 Å². The van der Waals surface area contributed by atoms with Gasteiger partial charge in [-0.15, -0.1) is 0 Å². The second-order valence-electron chi connectivity index (χ2n) is 10.0. The number of pyridine rings is 1. The van der Waals surface area contributed by atoms with Crippen molar-refractivity contribution in [1.82, 2.24) is 14.8 Å². The summed E-state index contributed by atoms with van der Waals surface area (Å²) in [4.78, 5) is 21.4. The van der Waals surface area contributed by atoms with Crippen LogP contribution in [-0.4, -0.2) is 67.3 Å². The monoisotopic (exact) mass is 473 g/mol. The maximum Gasteiger partial charge on any atom is 0.410 e. The third-order valence-corrected chi connectivity index (χ3v) is 7.04. The van der Waals surface area contributed by atoms with Gasteiger partial charge in [0.1, 0.15) is 5.60 Å². The first-order valence-electron chi connectivity index (χ1n) is 11.3. The van der Waals surface area contributed by atoms with Gasteiger partial charge in [-0.05, 0) is 63.9 Å². The number of rotatable bonds is 5. The Morgan fingerprint density at radius 1 is 1.18 bits per heavy atom. The molecule has 1 aliphatic heterocycles. The van der Waals surface area contributed by atoms with E-state index in [0.29, 0.717) is 29.9 Å². The summed E-state index contributed by atoms with van der Waals surface area (Å²) < 4.78 is 28.8. The molecule has 1 aliphatic rings. The van der Waals surface area contributed by atoms with E-state index in [1.165, 1.54) is 6.26 Å². The lowest BCUT2D eigenvalue weighted by atomic mass is 9.92. The predicted octanol–water partition coefficient (Wildman–Crippen LogP) is 4.23. The molecule has 3 rings (SSSR count). The second-order valence-corrected chi connectivity index (χ2v) is 12.0. The molecule has 1 saturated heterocycles. The summed E-state index contributed by atoms with van der Waals surface area (Å²) in [5.41, 5.74) is 2.31. The highest BCUT2D eigenvalue weighted by molar-refractivity contribution is 7.90. The summed E-state index contributed by atoms with van der Waals surface area (Å²) in [6, 6.07) is 11.2. The maximum atomic E-state index is 12.4. The fourth-order valence-electron chi connectivity index (χ4n) is 4.25. The van der Waals surface area contributed by atoms with Crippen molar-refractivity contribution in [3.63, 3.8) is 0 Å². The van der Waals surface area contributed by atoms with Gasteiger partial charge in [-0.1, -0.05) is 25.1 Å². The normalized spacial score (nSPS) is 19.5. The average Bonchev–Trinajstić information content (AvgIpc) is 2.72. The number of carbonyl (C=O) groups excluding carboxylic acids is 1. The Morgan fingerprint density at radius 3 is 2.36 bits per heavy atom. The van der Waals surface area contributed by atoms with Gasteiger partial charge in [0.15, 0.2) is 9.84 Å². The van der Waals surface area contributed by atoms with Crippen LogP contribution in [0, 0.1) is 5.92 Å². The van der Waals surface area contributed by atoms with Crippen molar-refractivity contribution in [2.24, 2.45) is 5.92 Å². The van der Waals surface area contributed by atoms with Crippen LogP contribution in [0.5, 0.6) is 0 Å². The maximum absolute atomic E-state index is 12.4. The van der Waals surface area contributed by atoms with Crippen LogP contribution >= 0.6 is 0 Å². The average molecular weight is 474 g/mol. The number of likely N-dealkylation sites (tertiary alicyclic amines) is 1. The minimum atomic E-state index is -3.21. The number of hydrogen-bond donors (Lipinski definition) is 0. The lowest BCUT2D eigenvalue weighted by Gasteiger charge is -2.41. The van der Waals surface area contributed by atoms with E-state index < -0.39 is 15.4 Å². The lowest BCUT2D eigenvalue weighted by molar-refractivity contribution is 0.00580. The third kappa shape index (κ3) is 6.77. The summed E-state index contributed by atoms with van der Waals surface area (Å²) >= 11 is 0. The molecule has 7 nitrogen and oxygen atoms in total. The van der Waals surface area contributed by atoms with E-state index in [4.69, 9.17) is 4.74 Å². The largest absolute Gasteiger partial charge is 0.444 e. The van der Waals surface area contributed by atoms with E-state index in [1.807, 2.05) is 37.9 Å². The van der Waals surface area contributed by atoms with Crippen LogP contribution in [0.4, 0.5) is 4.79 Å². The molecule has 0 aliphatic carbocycles. The molecule has 8 heteroatoms. The van der Waals surface area contributed by atoms with Crippen molar-refractivity contribution in [3.05, 3.63) is 48.2 Å². The van der Waals surface area contributed by atoms with Crippen LogP contribution in [0.3, 0.4) is 0 Å². The molecule has 0 bridgehead atoms. The summed E-state index contributed by atoms with van der Waals surface area (Å²) in [5, 5.41) is 0. The highest BCUT2D eigenvalue weighted by atomic mass is 32.2. The standard InChI is InChI=1S/C25H35N3O4S/c1-18-16-28(24(29)32-25(2,3)4)14-13-23(18)27(5)17-19-7-12-22(26-15-19)20-8-10-21(11-9-20)33(6,30)31/h7-12,15,18,23H,13-14,16-17H2,1-6H3. The van der Waals surface area contributed by atoms with Gasteiger partial charge >= 0.3 is 6.09 Å². The van der Waals surface area contributed by atoms with Gasteiger partial charge in [-0.2, -0.15) is 0 Å². The Morgan fingerprint density at radius 2 is 1.85 bits per heavy atom. The van der Waals surface area contributed by atoms with Crippen LogP contribution in [0.15, 0.2) is 47.5 Å². The van der Waals surface area contributed by atoms with Crippen molar-refractivity contribution in [2.45, 2.75) is 57.2 Å². The molecule has 2 heterocycles. The lowest BCUT2D eigenvalue weighted by Crippen LogP contribution is -2.51. The van der Waals surface area contributed by atoms with E-state index in [2.05, 4.69) is 29.9 Å². The zero-order chi connectivity index (χ0) is 24.4. The topological polar surface area (TPSA) is 79.8 Å². The Labute approximate surface area is 197 Å². The number of hydrogen-bond acceptors (Lipinski definition) is 6. The molecule has 0 radical (unpaired) electrons. The first-order valence-corrected chi connectivity index (χ1v) is 13.2. The number of piperidine rings is 1. The van der Waals surface area contributed by atoms with Gasteiger partial charge in [0, 0.05) is 43.7 Å². The molecular formula is C25H35N3O4S. The Hall–Kier alpha value is -2.45.